The van der Waals surface area contributed by atoms with Gasteiger partial charge in [0, 0.05) is 27.0 Å². The van der Waals surface area contributed by atoms with E-state index in [1.807, 2.05) is 36.4 Å². The standard InChI is InChI=1S/C19H14Cl3NOS/c20-13-5-3-6-15(8-13)25-18-7-2-1-4-12(18)11-23-14-9-16(21)19(24)17(22)10-14/h1-10,23-24H,11H2. The second-order valence-corrected chi connectivity index (χ2v) is 7.68. The van der Waals surface area contributed by atoms with E-state index in [-0.39, 0.29) is 15.8 Å². The topological polar surface area (TPSA) is 32.3 Å². The highest BCUT2D eigenvalue weighted by atomic mass is 35.5. The van der Waals surface area contributed by atoms with Gasteiger partial charge in [-0.25, -0.2) is 0 Å². The minimum Gasteiger partial charge on any atom is -0.505 e. The maximum absolute atomic E-state index is 9.64. The first-order valence-corrected chi connectivity index (χ1v) is 9.41. The van der Waals surface area contributed by atoms with Crippen molar-refractivity contribution in [2.75, 3.05) is 5.32 Å². The molecule has 0 spiro atoms. The third kappa shape index (κ3) is 4.77. The lowest BCUT2D eigenvalue weighted by Gasteiger charge is -2.12. The van der Waals surface area contributed by atoms with Crippen LogP contribution in [-0.2, 0) is 6.54 Å². The molecule has 25 heavy (non-hydrogen) atoms. The Morgan fingerprint density at radius 2 is 1.60 bits per heavy atom. The van der Waals surface area contributed by atoms with Crippen molar-refractivity contribution in [2.24, 2.45) is 0 Å². The third-order valence-corrected chi connectivity index (χ3v) is 5.42. The molecule has 3 aromatic rings. The third-order valence-electron chi connectivity index (χ3n) is 3.50. The lowest BCUT2D eigenvalue weighted by molar-refractivity contribution is 0.476. The van der Waals surface area contributed by atoms with Gasteiger partial charge < -0.3 is 10.4 Å². The van der Waals surface area contributed by atoms with Crippen molar-refractivity contribution in [2.45, 2.75) is 16.3 Å². The van der Waals surface area contributed by atoms with Crippen molar-refractivity contribution in [1.82, 2.24) is 0 Å². The number of halogens is 3. The molecule has 2 nitrogen and oxygen atoms in total. The quantitative estimate of drug-likeness (QED) is 0.439. The first-order chi connectivity index (χ1) is 12.0. The Labute approximate surface area is 165 Å². The van der Waals surface area contributed by atoms with Crippen LogP contribution in [0.25, 0.3) is 0 Å². The normalized spacial score (nSPS) is 10.7. The van der Waals surface area contributed by atoms with Crippen molar-refractivity contribution < 1.29 is 5.11 Å². The Morgan fingerprint density at radius 3 is 2.32 bits per heavy atom. The van der Waals surface area contributed by atoms with Crippen LogP contribution in [0.4, 0.5) is 5.69 Å². The van der Waals surface area contributed by atoms with Crippen LogP contribution in [0, 0.1) is 0 Å². The molecule has 3 aromatic carbocycles. The summed E-state index contributed by atoms with van der Waals surface area (Å²) in [6.07, 6.45) is 0. The molecule has 0 atom stereocenters. The van der Waals surface area contributed by atoms with Gasteiger partial charge >= 0.3 is 0 Å². The monoisotopic (exact) mass is 409 g/mol. The Balaban J connectivity index is 1.77. The van der Waals surface area contributed by atoms with Gasteiger partial charge in [0.25, 0.3) is 0 Å². The van der Waals surface area contributed by atoms with Crippen LogP contribution in [0.1, 0.15) is 5.56 Å². The van der Waals surface area contributed by atoms with Crippen LogP contribution in [0.5, 0.6) is 5.75 Å². The number of rotatable bonds is 5. The van der Waals surface area contributed by atoms with Gasteiger partial charge in [0.05, 0.1) is 10.0 Å². The van der Waals surface area contributed by atoms with E-state index in [0.717, 1.165) is 21.0 Å². The van der Waals surface area contributed by atoms with Gasteiger partial charge in [-0.15, -0.1) is 0 Å². The molecule has 3 rings (SSSR count). The Morgan fingerprint density at radius 1 is 0.880 bits per heavy atom. The average molecular weight is 411 g/mol. The molecule has 6 heteroatoms. The van der Waals surface area contributed by atoms with Crippen molar-refractivity contribution in [3.63, 3.8) is 0 Å². The Bertz CT molecular complexity index is 878. The Kier molecular flexibility index (Phi) is 6.02. The maximum Gasteiger partial charge on any atom is 0.152 e. The molecule has 0 unspecified atom stereocenters. The molecule has 0 radical (unpaired) electrons. The molecule has 0 aliphatic heterocycles. The zero-order valence-corrected chi connectivity index (χ0v) is 16.1. The first kappa shape index (κ1) is 18.3. The lowest BCUT2D eigenvalue weighted by Crippen LogP contribution is -2.01. The highest BCUT2D eigenvalue weighted by Crippen LogP contribution is 2.35. The number of phenols is 1. The van der Waals surface area contributed by atoms with Crippen molar-refractivity contribution in [1.29, 1.82) is 0 Å². The van der Waals surface area contributed by atoms with Gasteiger partial charge in [-0.1, -0.05) is 70.8 Å². The molecule has 0 aliphatic rings. The van der Waals surface area contributed by atoms with E-state index in [2.05, 4.69) is 17.4 Å². The fraction of sp³-hybridized carbons (Fsp3) is 0.0526. The number of phenolic OH excluding ortho intramolecular Hbond substituents is 1. The maximum atomic E-state index is 9.64. The van der Waals surface area contributed by atoms with Gasteiger partial charge in [0.15, 0.2) is 5.75 Å². The summed E-state index contributed by atoms with van der Waals surface area (Å²) in [7, 11) is 0. The van der Waals surface area contributed by atoms with Gasteiger partial charge in [0.1, 0.15) is 0 Å². The van der Waals surface area contributed by atoms with E-state index in [0.29, 0.717) is 11.6 Å². The minimum absolute atomic E-state index is 0.106. The highest BCUT2D eigenvalue weighted by molar-refractivity contribution is 7.99. The van der Waals surface area contributed by atoms with E-state index in [4.69, 9.17) is 34.8 Å². The van der Waals surface area contributed by atoms with Gasteiger partial charge in [-0.2, -0.15) is 0 Å². The molecule has 2 N–H and O–H groups in total. The van der Waals surface area contributed by atoms with Crippen LogP contribution >= 0.6 is 46.6 Å². The summed E-state index contributed by atoms with van der Waals surface area (Å²) in [4.78, 5) is 2.21. The SMILES string of the molecule is Oc1c(Cl)cc(NCc2ccccc2Sc2cccc(Cl)c2)cc1Cl. The van der Waals surface area contributed by atoms with Crippen molar-refractivity contribution in [3.05, 3.63) is 81.3 Å². The molecule has 0 fully saturated rings. The van der Waals surface area contributed by atoms with Crippen LogP contribution < -0.4 is 5.32 Å². The zero-order chi connectivity index (χ0) is 17.8. The number of hydrogen-bond donors (Lipinski definition) is 2. The van der Waals surface area contributed by atoms with E-state index in [1.54, 1.807) is 23.9 Å². The van der Waals surface area contributed by atoms with Crippen molar-refractivity contribution in [3.8, 4) is 5.75 Å². The van der Waals surface area contributed by atoms with Crippen LogP contribution in [-0.4, -0.2) is 5.11 Å². The van der Waals surface area contributed by atoms with Crippen LogP contribution in [0.2, 0.25) is 15.1 Å². The lowest BCUT2D eigenvalue weighted by atomic mass is 10.2. The number of aromatic hydroxyl groups is 1. The summed E-state index contributed by atoms with van der Waals surface area (Å²) in [6, 6.07) is 19.2. The number of nitrogens with one attached hydrogen (secondary N) is 1. The number of anilines is 1. The highest BCUT2D eigenvalue weighted by Gasteiger charge is 2.08. The van der Waals surface area contributed by atoms with Gasteiger partial charge in [-0.05, 0) is 42.0 Å². The van der Waals surface area contributed by atoms with Gasteiger partial charge in [-0.3, -0.25) is 0 Å². The van der Waals surface area contributed by atoms with Gasteiger partial charge in [0.2, 0.25) is 0 Å². The van der Waals surface area contributed by atoms with E-state index in [9.17, 15) is 5.11 Å². The minimum atomic E-state index is -0.106. The van der Waals surface area contributed by atoms with Crippen LogP contribution in [0.15, 0.2) is 70.5 Å². The second-order valence-electron chi connectivity index (χ2n) is 5.31. The smallest absolute Gasteiger partial charge is 0.152 e. The predicted octanol–water partition coefficient (Wildman–Crippen LogP) is 7.12. The number of benzene rings is 3. The summed E-state index contributed by atoms with van der Waals surface area (Å²) in [6.45, 7) is 0.598. The average Bonchev–Trinajstić information content (AvgIpc) is 2.59. The largest absolute Gasteiger partial charge is 0.505 e. The van der Waals surface area contributed by atoms with Crippen molar-refractivity contribution >= 4 is 52.3 Å². The van der Waals surface area contributed by atoms with E-state index >= 15 is 0 Å². The van der Waals surface area contributed by atoms with E-state index in [1.165, 1.54) is 0 Å². The fourth-order valence-electron chi connectivity index (χ4n) is 2.27. The van der Waals surface area contributed by atoms with Crippen LogP contribution in [0.3, 0.4) is 0 Å². The van der Waals surface area contributed by atoms with E-state index < -0.39 is 0 Å². The molecular formula is C19H14Cl3NOS. The molecule has 0 saturated heterocycles. The Hall–Kier alpha value is -1.52. The molecule has 0 amide bonds. The summed E-state index contributed by atoms with van der Waals surface area (Å²) < 4.78 is 0. The zero-order valence-electron chi connectivity index (χ0n) is 13.0. The summed E-state index contributed by atoms with van der Waals surface area (Å²) >= 11 is 19.6. The predicted molar refractivity (Wildman–Crippen MR) is 107 cm³/mol. The summed E-state index contributed by atoms with van der Waals surface area (Å²) in [5.74, 6) is -0.106. The fourth-order valence-corrected chi connectivity index (χ4v) is 4.02. The molecule has 128 valence electrons. The molecule has 0 bridgehead atoms. The molecule has 0 saturated carbocycles. The molecule has 0 aliphatic carbocycles. The molecular weight excluding hydrogens is 397 g/mol. The number of hydrogen-bond acceptors (Lipinski definition) is 3. The molecule has 0 aromatic heterocycles. The second kappa shape index (κ2) is 8.24. The molecule has 0 heterocycles. The summed E-state index contributed by atoms with van der Waals surface area (Å²) in [5.41, 5.74) is 1.88. The summed E-state index contributed by atoms with van der Waals surface area (Å²) in [5, 5.41) is 14.1. The first-order valence-electron chi connectivity index (χ1n) is 7.46.